The minimum absolute atomic E-state index is 0.337. The highest BCUT2D eigenvalue weighted by atomic mass is 16.6. The van der Waals surface area contributed by atoms with E-state index in [1.54, 1.807) is 11.8 Å². The van der Waals surface area contributed by atoms with E-state index in [2.05, 4.69) is 36.6 Å². The summed E-state index contributed by atoms with van der Waals surface area (Å²) < 4.78 is 5.52. The number of nitrogens with zero attached hydrogens (tertiary/aromatic N) is 2. The van der Waals surface area contributed by atoms with Crippen LogP contribution in [0.4, 0.5) is 0 Å². The van der Waals surface area contributed by atoms with E-state index in [1.165, 1.54) is 50.5 Å². The molecule has 0 amide bonds. The van der Waals surface area contributed by atoms with Crippen molar-refractivity contribution in [3.63, 3.8) is 0 Å². The summed E-state index contributed by atoms with van der Waals surface area (Å²) >= 11 is 0. The Labute approximate surface area is 186 Å². The molecule has 0 saturated heterocycles. The molecule has 2 N–H and O–H groups in total. The number of allylic oxidation sites excluding steroid dienone is 3. The van der Waals surface area contributed by atoms with E-state index in [1.807, 2.05) is 0 Å². The van der Waals surface area contributed by atoms with E-state index in [-0.39, 0.29) is 0 Å². The number of rotatable bonds is 5. The van der Waals surface area contributed by atoms with Crippen LogP contribution in [-0.4, -0.2) is 17.3 Å². The Kier molecular flexibility index (Phi) is 5.36. The van der Waals surface area contributed by atoms with E-state index in [4.69, 9.17) is 15.0 Å². The zero-order valence-electron chi connectivity index (χ0n) is 19.2. The van der Waals surface area contributed by atoms with Gasteiger partial charge in [-0.25, -0.2) is 4.98 Å². The second kappa shape index (κ2) is 7.91. The van der Waals surface area contributed by atoms with Gasteiger partial charge in [-0.1, -0.05) is 36.7 Å². The maximum atomic E-state index is 5.62. The van der Waals surface area contributed by atoms with E-state index < -0.39 is 0 Å². The van der Waals surface area contributed by atoms with Crippen LogP contribution in [0.1, 0.15) is 76.9 Å². The Morgan fingerprint density at radius 2 is 2.00 bits per heavy atom. The molecule has 4 aliphatic rings. The molecule has 0 spiro atoms. The van der Waals surface area contributed by atoms with Crippen LogP contribution in [-0.2, 0) is 17.8 Å². The molecule has 3 unspecified atom stereocenters. The molecular formula is C26H37N3O2. The fraction of sp³-hybridized carbons (Fsp3) is 0.692. The van der Waals surface area contributed by atoms with Crippen molar-refractivity contribution in [2.45, 2.75) is 78.2 Å². The van der Waals surface area contributed by atoms with Gasteiger partial charge in [0.05, 0.1) is 24.9 Å². The summed E-state index contributed by atoms with van der Waals surface area (Å²) in [6.07, 6.45) is 14.7. The van der Waals surface area contributed by atoms with Crippen molar-refractivity contribution in [3.05, 3.63) is 41.6 Å². The third-order valence-electron chi connectivity index (χ3n) is 9.32. The van der Waals surface area contributed by atoms with Gasteiger partial charge in [0, 0.05) is 0 Å². The molecule has 5 atom stereocenters. The summed E-state index contributed by atoms with van der Waals surface area (Å²) in [5.41, 5.74) is 10.5. The van der Waals surface area contributed by atoms with Gasteiger partial charge in [-0.15, -0.1) is 0 Å². The molecule has 3 fully saturated rings. The van der Waals surface area contributed by atoms with Crippen LogP contribution in [0.5, 0.6) is 0 Å². The summed E-state index contributed by atoms with van der Waals surface area (Å²) in [4.78, 5) is 9.84. The number of oxime groups is 1. The Balaban J connectivity index is 1.24. The van der Waals surface area contributed by atoms with Crippen LogP contribution in [0, 0.1) is 28.6 Å². The molecule has 0 radical (unpaired) electrons. The van der Waals surface area contributed by atoms with Crippen LogP contribution < -0.4 is 5.73 Å². The SMILES string of the molecule is C=C1CCC2C3CCC4=CC(=NOCCc5ncc(CN)o5)CC[C@]4(C)C3CC[C@]12C. The lowest BCUT2D eigenvalue weighted by molar-refractivity contribution is -0.0226. The minimum Gasteiger partial charge on any atom is -0.444 e. The summed E-state index contributed by atoms with van der Waals surface area (Å²) in [5, 5.41) is 4.46. The van der Waals surface area contributed by atoms with Crippen molar-refractivity contribution in [2.24, 2.45) is 39.5 Å². The molecule has 1 heterocycles. The Hall–Kier alpha value is -1.88. The number of aromatic nitrogens is 1. The fourth-order valence-corrected chi connectivity index (χ4v) is 7.37. The van der Waals surface area contributed by atoms with Gasteiger partial charge in [-0.3, -0.25) is 0 Å². The number of oxazole rings is 1. The van der Waals surface area contributed by atoms with Gasteiger partial charge in [0.2, 0.25) is 0 Å². The molecule has 168 valence electrons. The third kappa shape index (κ3) is 3.49. The monoisotopic (exact) mass is 423 g/mol. The average Bonchev–Trinajstić information content (AvgIpc) is 3.35. The zero-order chi connectivity index (χ0) is 21.6. The first kappa shape index (κ1) is 21.0. The maximum Gasteiger partial charge on any atom is 0.197 e. The van der Waals surface area contributed by atoms with Crippen LogP contribution >= 0.6 is 0 Å². The van der Waals surface area contributed by atoms with Gasteiger partial charge < -0.3 is 15.0 Å². The molecule has 3 saturated carbocycles. The lowest BCUT2D eigenvalue weighted by atomic mass is 9.47. The Morgan fingerprint density at radius 3 is 2.81 bits per heavy atom. The molecule has 0 aromatic carbocycles. The zero-order valence-corrected chi connectivity index (χ0v) is 19.2. The number of hydrogen-bond acceptors (Lipinski definition) is 5. The standard InChI is InChI=1S/C26H37N3O2/c1-17-4-7-22-21-6-5-18-14-19(29-30-13-10-24-28-16-20(15-27)31-24)8-11-26(18,3)23(21)9-12-25(17,22)2/h14,16,21-23H,1,4-13,15,27H2,2-3H3/t21?,22?,23?,25-,26+/m1/s1. The predicted molar refractivity (Wildman–Crippen MR) is 122 cm³/mol. The second-order valence-corrected chi connectivity index (χ2v) is 10.7. The quantitative estimate of drug-likeness (QED) is 0.382. The first-order chi connectivity index (χ1) is 14.9. The van der Waals surface area contributed by atoms with E-state index in [0.717, 1.165) is 29.9 Å². The number of fused-ring (bicyclic) bond motifs is 5. The van der Waals surface area contributed by atoms with Crippen LogP contribution in [0.3, 0.4) is 0 Å². The highest BCUT2D eigenvalue weighted by molar-refractivity contribution is 5.96. The molecule has 4 aliphatic carbocycles. The van der Waals surface area contributed by atoms with Crippen molar-refractivity contribution in [1.82, 2.24) is 4.98 Å². The highest BCUT2D eigenvalue weighted by Crippen LogP contribution is 2.66. The lowest BCUT2D eigenvalue weighted by Gasteiger charge is -2.57. The summed E-state index contributed by atoms with van der Waals surface area (Å²) in [7, 11) is 0. The third-order valence-corrected chi connectivity index (χ3v) is 9.32. The molecule has 1 aromatic rings. The topological polar surface area (TPSA) is 73.6 Å². The van der Waals surface area contributed by atoms with Crippen molar-refractivity contribution in [1.29, 1.82) is 0 Å². The molecule has 0 bridgehead atoms. The molecular weight excluding hydrogens is 386 g/mol. The fourth-order valence-electron chi connectivity index (χ4n) is 7.37. The summed E-state index contributed by atoms with van der Waals surface area (Å²) in [5.74, 6) is 3.91. The Morgan fingerprint density at radius 1 is 1.16 bits per heavy atom. The second-order valence-electron chi connectivity index (χ2n) is 10.7. The summed E-state index contributed by atoms with van der Waals surface area (Å²) in [6, 6.07) is 0. The molecule has 0 aliphatic heterocycles. The predicted octanol–water partition coefficient (Wildman–Crippen LogP) is 5.57. The van der Waals surface area contributed by atoms with Crippen LogP contribution in [0.25, 0.3) is 0 Å². The Bertz CT molecular complexity index is 916. The number of nitrogens with two attached hydrogens (primary N) is 1. The van der Waals surface area contributed by atoms with Crippen LogP contribution in [0.15, 0.2) is 39.6 Å². The molecule has 5 nitrogen and oxygen atoms in total. The first-order valence-electron chi connectivity index (χ1n) is 12.2. The van der Waals surface area contributed by atoms with E-state index >= 15 is 0 Å². The molecule has 31 heavy (non-hydrogen) atoms. The van der Waals surface area contributed by atoms with Gasteiger partial charge in [0.1, 0.15) is 12.4 Å². The lowest BCUT2D eigenvalue weighted by Crippen LogP contribution is -2.49. The van der Waals surface area contributed by atoms with Crippen molar-refractivity contribution < 1.29 is 9.25 Å². The highest BCUT2D eigenvalue weighted by Gasteiger charge is 2.57. The molecule has 5 rings (SSSR count). The van der Waals surface area contributed by atoms with Gasteiger partial charge in [-0.2, -0.15) is 0 Å². The van der Waals surface area contributed by atoms with Crippen molar-refractivity contribution in [3.8, 4) is 0 Å². The average molecular weight is 424 g/mol. The molecule has 1 aromatic heterocycles. The maximum absolute atomic E-state index is 5.62. The summed E-state index contributed by atoms with van der Waals surface area (Å²) in [6.45, 7) is 10.4. The molecule has 5 heteroatoms. The largest absolute Gasteiger partial charge is 0.444 e. The number of hydrogen-bond donors (Lipinski definition) is 1. The van der Waals surface area contributed by atoms with E-state index in [9.17, 15) is 0 Å². The van der Waals surface area contributed by atoms with Crippen LogP contribution in [0.2, 0.25) is 0 Å². The minimum atomic E-state index is 0.337. The first-order valence-corrected chi connectivity index (χ1v) is 12.2. The van der Waals surface area contributed by atoms with E-state index in [0.29, 0.717) is 42.1 Å². The normalized spacial score (nSPS) is 38.4. The van der Waals surface area contributed by atoms with Crippen molar-refractivity contribution >= 4 is 5.71 Å². The van der Waals surface area contributed by atoms with Gasteiger partial charge >= 0.3 is 0 Å². The van der Waals surface area contributed by atoms with Gasteiger partial charge in [0.15, 0.2) is 5.89 Å². The van der Waals surface area contributed by atoms with Crippen molar-refractivity contribution in [2.75, 3.05) is 6.61 Å². The smallest absolute Gasteiger partial charge is 0.197 e. The van der Waals surface area contributed by atoms with Gasteiger partial charge in [0.25, 0.3) is 0 Å². The van der Waals surface area contributed by atoms with Gasteiger partial charge in [-0.05, 0) is 86.0 Å².